The molecule has 1 rings (SSSR count). The second-order valence-corrected chi connectivity index (χ2v) is 4.68. The molecule has 0 aliphatic carbocycles. The zero-order valence-corrected chi connectivity index (χ0v) is 11.9. The molecule has 1 amide bonds. The largest absolute Gasteiger partial charge is 0.331 e. The van der Waals surface area contributed by atoms with Crippen LogP contribution >= 0.6 is 23.8 Å². The summed E-state index contributed by atoms with van der Waals surface area (Å²) in [5, 5.41) is 3.92. The summed E-state index contributed by atoms with van der Waals surface area (Å²) in [7, 11) is 0. The molecule has 6 heteroatoms. The Morgan fingerprint density at radius 2 is 2.11 bits per heavy atom. The van der Waals surface area contributed by atoms with Crippen molar-refractivity contribution in [2.24, 2.45) is 0 Å². The van der Waals surface area contributed by atoms with Gasteiger partial charge in [0.15, 0.2) is 5.11 Å². The van der Waals surface area contributed by atoms with Crippen LogP contribution in [0.4, 0.5) is 5.69 Å². The minimum Gasteiger partial charge on any atom is -0.331 e. The van der Waals surface area contributed by atoms with Crippen LogP contribution in [0.5, 0.6) is 0 Å². The molecule has 0 aromatic heterocycles. The van der Waals surface area contributed by atoms with Crippen molar-refractivity contribution in [1.29, 1.82) is 0 Å². The number of carbonyl (C=O) groups is 1. The van der Waals surface area contributed by atoms with Gasteiger partial charge in [-0.2, -0.15) is 0 Å². The lowest BCUT2D eigenvalue weighted by molar-refractivity contribution is -0.121. The fraction of sp³-hybridized carbons (Fsp3) is 0.333. The average Bonchev–Trinajstić information content (AvgIpc) is 2.32. The highest BCUT2D eigenvalue weighted by atomic mass is 35.5. The summed E-state index contributed by atoms with van der Waals surface area (Å²) in [6.07, 6.45) is 1.26. The Morgan fingerprint density at radius 3 is 2.78 bits per heavy atom. The van der Waals surface area contributed by atoms with Crippen LogP contribution in [-0.2, 0) is 4.79 Å². The fourth-order valence-electron chi connectivity index (χ4n) is 1.30. The Labute approximate surface area is 117 Å². The number of anilines is 1. The summed E-state index contributed by atoms with van der Waals surface area (Å²) in [5.74, 6) is -0.0931. The molecule has 0 bridgehead atoms. The van der Waals surface area contributed by atoms with Crippen molar-refractivity contribution in [2.75, 3.05) is 5.32 Å². The van der Waals surface area contributed by atoms with E-state index in [0.717, 1.165) is 17.7 Å². The lowest BCUT2D eigenvalue weighted by atomic mass is 10.2. The quantitative estimate of drug-likeness (QED) is 0.590. The summed E-state index contributed by atoms with van der Waals surface area (Å²) in [5.41, 5.74) is 6.98. The summed E-state index contributed by atoms with van der Waals surface area (Å²) in [6, 6.07) is 5.48. The number of amides is 1. The Bertz CT molecular complexity index is 451. The van der Waals surface area contributed by atoms with Crippen LogP contribution < -0.4 is 16.2 Å². The second kappa shape index (κ2) is 7.18. The maximum atomic E-state index is 11.2. The highest BCUT2D eigenvalue weighted by Gasteiger charge is 2.03. The van der Waals surface area contributed by atoms with Crippen LogP contribution in [0.25, 0.3) is 0 Å². The predicted octanol–water partition coefficient (Wildman–Crippen LogP) is 2.77. The van der Waals surface area contributed by atoms with Gasteiger partial charge < -0.3 is 5.32 Å². The SMILES string of the molecule is CCCC(=O)NNC(=S)Nc1cc(Cl)ccc1C. The van der Waals surface area contributed by atoms with E-state index in [1.54, 1.807) is 6.07 Å². The Kier molecular flexibility index (Phi) is 5.88. The first-order valence-electron chi connectivity index (χ1n) is 5.65. The van der Waals surface area contributed by atoms with Crippen molar-refractivity contribution in [3.05, 3.63) is 28.8 Å². The molecule has 4 nitrogen and oxygen atoms in total. The highest BCUT2D eigenvalue weighted by Crippen LogP contribution is 2.19. The van der Waals surface area contributed by atoms with Crippen molar-refractivity contribution in [3.8, 4) is 0 Å². The van der Waals surface area contributed by atoms with Crippen LogP contribution in [0.3, 0.4) is 0 Å². The van der Waals surface area contributed by atoms with E-state index < -0.39 is 0 Å². The molecule has 0 atom stereocenters. The number of hydrogen-bond acceptors (Lipinski definition) is 2. The first-order chi connectivity index (χ1) is 8.52. The van der Waals surface area contributed by atoms with Crippen molar-refractivity contribution in [3.63, 3.8) is 0 Å². The van der Waals surface area contributed by atoms with Crippen LogP contribution in [0.1, 0.15) is 25.3 Å². The van der Waals surface area contributed by atoms with Gasteiger partial charge >= 0.3 is 0 Å². The molecule has 0 saturated heterocycles. The first kappa shape index (κ1) is 14.7. The molecule has 98 valence electrons. The molecule has 18 heavy (non-hydrogen) atoms. The maximum Gasteiger partial charge on any atom is 0.238 e. The fourth-order valence-corrected chi connectivity index (χ4v) is 1.63. The van der Waals surface area contributed by atoms with Crippen molar-refractivity contribution >= 4 is 40.5 Å². The van der Waals surface area contributed by atoms with Gasteiger partial charge in [-0.1, -0.05) is 24.6 Å². The maximum absolute atomic E-state index is 11.2. The van der Waals surface area contributed by atoms with Crippen LogP contribution in [0.2, 0.25) is 5.02 Å². The van der Waals surface area contributed by atoms with E-state index in [-0.39, 0.29) is 5.91 Å². The highest BCUT2D eigenvalue weighted by molar-refractivity contribution is 7.80. The van der Waals surface area contributed by atoms with Crippen molar-refractivity contribution < 1.29 is 4.79 Å². The molecule has 0 aliphatic heterocycles. The molecule has 0 radical (unpaired) electrons. The number of carbonyl (C=O) groups excluding carboxylic acids is 1. The normalized spacial score (nSPS) is 9.72. The van der Waals surface area contributed by atoms with Gasteiger partial charge in [0.2, 0.25) is 5.91 Å². The van der Waals surface area contributed by atoms with E-state index in [4.69, 9.17) is 23.8 Å². The molecule has 3 N–H and O–H groups in total. The predicted molar refractivity (Wildman–Crippen MR) is 78.6 cm³/mol. The summed E-state index contributed by atoms with van der Waals surface area (Å²) < 4.78 is 0. The third kappa shape index (κ3) is 4.89. The van der Waals surface area contributed by atoms with E-state index in [1.165, 1.54) is 0 Å². The van der Waals surface area contributed by atoms with E-state index >= 15 is 0 Å². The molecular weight excluding hydrogens is 270 g/mol. The van der Waals surface area contributed by atoms with Gasteiger partial charge in [0.1, 0.15) is 0 Å². The number of rotatable bonds is 3. The zero-order chi connectivity index (χ0) is 13.5. The van der Waals surface area contributed by atoms with E-state index in [9.17, 15) is 4.79 Å². The van der Waals surface area contributed by atoms with E-state index in [2.05, 4.69) is 16.2 Å². The summed E-state index contributed by atoms with van der Waals surface area (Å²) in [6.45, 7) is 3.88. The van der Waals surface area contributed by atoms with Gasteiger partial charge in [-0.25, -0.2) is 0 Å². The molecule has 0 spiro atoms. The number of benzene rings is 1. The van der Waals surface area contributed by atoms with Gasteiger partial charge in [0.05, 0.1) is 0 Å². The number of hydrogen-bond donors (Lipinski definition) is 3. The Hall–Kier alpha value is -1.33. The van der Waals surface area contributed by atoms with Crippen LogP contribution in [0, 0.1) is 6.92 Å². The van der Waals surface area contributed by atoms with Crippen molar-refractivity contribution in [2.45, 2.75) is 26.7 Å². The molecule has 1 aromatic carbocycles. The first-order valence-corrected chi connectivity index (χ1v) is 6.43. The average molecular weight is 286 g/mol. The smallest absolute Gasteiger partial charge is 0.238 e. The van der Waals surface area contributed by atoms with Gasteiger partial charge in [0, 0.05) is 17.1 Å². The lowest BCUT2D eigenvalue weighted by Gasteiger charge is -2.13. The van der Waals surface area contributed by atoms with E-state index in [1.807, 2.05) is 26.0 Å². The zero-order valence-electron chi connectivity index (χ0n) is 10.3. The molecule has 0 unspecified atom stereocenters. The number of hydrazine groups is 1. The number of nitrogens with one attached hydrogen (secondary N) is 3. The van der Waals surface area contributed by atoms with Gasteiger partial charge in [0.25, 0.3) is 0 Å². The standard InChI is InChI=1S/C12H16ClN3OS/c1-3-4-11(17)15-16-12(18)14-10-7-9(13)6-5-8(10)2/h5-7H,3-4H2,1-2H3,(H,15,17)(H2,14,16,18). The summed E-state index contributed by atoms with van der Waals surface area (Å²) >= 11 is 11.0. The third-order valence-corrected chi connectivity index (χ3v) is 2.68. The molecule has 0 aliphatic rings. The van der Waals surface area contributed by atoms with Gasteiger partial charge in [-0.05, 0) is 43.3 Å². The van der Waals surface area contributed by atoms with Gasteiger partial charge in [-0.3, -0.25) is 15.6 Å². The second-order valence-electron chi connectivity index (χ2n) is 3.84. The molecule has 0 heterocycles. The van der Waals surface area contributed by atoms with E-state index in [0.29, 0.717) is 16.6 Å². The minimum absolute atomic E-state index is 0.0931. The van der Waals surface area contributed by atoms with Crippen LogP contribution in [0.15, 0.2) is 18.2 Å². The number of thiocarbonyl (C=S) groups is 1. The number of aryl methyl sites for hydroxylation is 1. The van der Waals surface area contributed by atoms with Gasteiger partial charge in [-0.15, -0.1) is 0 Å². The summed E-state index contributed by atoms with van der Waals surface area (Å²) in [4.78, 5) is 11.2. The monoisotopic (exact) mass is 285 g/mol. The molecular formula is C12H16ClN3OS. The number of halogens is 1. The topological polar surface area (TPSA) is 53.2 Å². The van der Waals surface area contributed by atoms with Crippen molar-refractivity contribution in [1.82, 2.24) is 10.9 Å². The minimum atomic E-state index is -0.0931. The Morgan fingerprint density at radius 1 is 1.39 bits per heavy atom. The molecule has 1 aromatic rings. The lowest BCUT2D eigenvalue weighted by Crippen LogP contribution is -2.43. The molecule has 0 fully saturated rings. The van der Waals surface area contributed by atoms with Crippen LogP contribution in [-0.4, -0.2) is 11.0 Å². The third-order valence-electron chi connectivity index (χ3n) is 2.24. The Balaban J connectivity index is 2.49. The molecule has 0 saturated carbocycles.